The highest BCUT2D eigenvalue weighted by atomic mass is 16.6. The summed E-state index contributed by atoms with van der Waals surface area (Å²) in [5.41, 5.74) is 4.72. The van der Waals surface area contributed by atoms with Crippen molar-refractivity contribution in [2.24, 2.45) is 5.41 Å². The molecular formula is C37H43NO4. The van der Waals surface area contributed by atoms with Gasteiger partial charge in [-0.15, -0.1) is 0 Å². The first kappa shape index (κ1) is 29.8. The van der Waals surface area contributed by atoms with Crippen molar-refractivity contribution in [2.45, 2.75) is 84.0 Å². The van der Waals surface area contributed by atoms with E-state index in [0.717, 1.165) is 90.4 Å². The van der Waals surface area contributed by atoms with Crippen LogP contribution in [0.1, 0.15) is 93.4 Å². The number of para-hydroxylation sites is 1. The second kappa shape index (κ2) is 14.0. The Balaban J connectivity index is 1.47. The highest BCUT2D eigenvalue weighted by Gasteiger charge is 2.46. The molecule has 42 heavy (non-hydrogen) atoms. The van der Waals surface area contributed by atoms with Gasteiger partial charge in [0.15, 0.2) is 6.10 Å². The van der Waals surface area contributed by atoms with E-state index in [-0.39, 0.29) is 17.5 Å². The molecule has 0 fully saturated rings. The van der Waals surface area contributed by atoms with Crippen LogP contribution in [0.25, 0.3) is 10.9 Å². The van der Waals surface area contributed by atoms with Crippen molar-refractivity contribution in [1.29, 1.82) is 0 Å². The number of aromatic nitrogens is 1. The van der Waals surface area contributed by atoms with E-state index in [1.807, 2.05) is 66.7 Å². The second-order valence-corrected chi connectivity index (χ2v) is 11.5. The fourth-order valence-corrected chi connectivity index (χ4v) is 6.46. The molecule has 5 heteroatoms. The van der Waals surface area contributed by atoms with Crippen LogP contribution in [0.5, 0.6) is 5.75 Å². The van der Waals surface area contributed by atoms with Crippen LogP contribution in [0.15, 0.2) is 84.9 Å². The third-order valence-corrected chi connectivity index (χ3v) is 8.76. The maximum Gasteiger partial charge on any atom is 0.340 e. The lowest BCUT2D eigenvalue weighted by Crippen LogP contribution is -2.38. The van der Waals surface area contributed by atoms with E-state index in [1.165, 1.54) is 0 Å². The topological polar surface area (TPSA) is 57.7 Å². The van der Waals surface area contributed by atoms with E-state index < -0.39 is 6.10 Å². The van der Waals surface area contributed by atoms with E-state index >= 15 is 0 Å². The number of ether oxygens (including phenoxy) is 3. The lowest BCUT2D eigenvalue weighted by molar-refractivity contribution is -0.172. The number of rotatable bonds is 13. The Labute approximate surface area is 250 Å². The van der Waals surface area contributed by atoms with Gasteiger partial charge in [-0.1, -0.05) is 106 Å². The molecule has 3 aromatic carbocycles. The van der Waals surface area contributed by atoms with Crippen LogP contribution >= 0.6 is 0 Å². The number of hydrogen-bond donors (Lipinski definition) is 0. The first-order valence-electron chi connectivity index (χ1n) is 15.5. The molecule has 2 atom stereocenters. The third-order valence-electron chi connectivity index (χ3n) is 8.76. The summed E-state index contributed by atoms with van der Waals surface area (Å²) in [6.45, 7) is 4.84. The van der Waals surface area contributed by atoms with Gasteiger partial charge in [0.05, 0.1) is 11.2 Å². The molecule has 1 aliphatic rings. The van der Waals surface area contributed by atoms with Crippen LogP contribution in [0, 0.1) is 5.41 Å². The van der Waals surface area contributed by atoms with Gasteiger partial charge in [0.25, 0.3) is 0 Å². The number of nitrogens with zero attached hydrogens (tertiary/aromatic N) is 1. The quantitative estimate of drug-likeness (QED) is 0.151. The van der Waals surface area contributed by atoms with Crippen LogP contribution in [0.4, 0.5) is 0 Å². The number of esters is 1. The SMILES string of the molecule is CCCCC1(CCCC)CCc2c(OCc3ccc4ccccc4n3)cccc2[C@H]1OC(=O)[C@@H](OC)c1ccccc1. The highest BCUT2D eigenvalue weighted by Crippen LogP contribution is 2.54. The normalized spacial score (nSPS) is 16.5. The number of unbranched alkanes of at least 4 members (excludes halogenated alkanes) is 2. The molecule has 0 N–H and O–H groups in total. The summed E-state index contributed by atoms with van der Waals surface area (Å²) in [6, 6.07) is 28.0. The Bertz CT molecular complexity index is 1460. The van der Waals surface area contributed by atoms with Crippen LogP contribution < -0.4 is 4.74 Å². The minimum atomic E-state index is -0.773. The van der Waals surface area contributed by atoms with Gasteiger partial charge >= 0.3 is 5.97 Å². The largest absolute Gasteiger partial charge is 0.487 e. The average Bonchev–Trinajstić information content (AvgIpc) is 3.03. The zero-order chi connectivity index (χ0) is 29.4. The van der Waals surface area contributed by atoms with Crippen molar-refractivity contribution >= 4 is 16.9 Å². The molecule has 4 aromatic rings. The maximum absolute atomic E-state index is 13.8. The lowest BCUT2D eigenvalue weighted by atomic mass is 9.64. The minimum Gasteiger partial charge on any atom is -0.487 e. The second-order valence-electron chi connectivity index (χ2n) is 11.5. The zero-order valence-corrected chi connectivity index (χ0v) is 25.2. The first-order valence-corrected chi connectivity index (χ1v) is 15.5. The molecule has 1 heterocycles. The standard InChI is InChI=1S/C37H43NO4/c1-4-6-23-37(24-7-5-2)25-22-30-31(35(37)42-36(39)34(40-3)28-15-9-8-10-16-28)17-13-19-33(30)41-26-29-21-20-27-14-11-12-18-32(27)38-29/h8-21,34-35H,4-7,22-26H2,1-3H3/t34-,35+/m0/s1. The molecule has 0 saturated carbocycles. The molecule has 0 amide bonds. The third kappa shape index (κ3) is 6.52. The Morgan fingerprint density at radius 2 is 1.64 bits per heavy atom. The summed E-state index contributed by atoms with van der Waals surface area (Å²) in [5, 5.41) is 1.11. The van der Waals surface area contributed by atoms with Crippen molar-refractivity contribution < 1.29 is 19.0 Å². The van der Waals surface area contributed by atoms with E-state index in [0.29, 0.717) is 6.61 Å². The number of benzene rings is 3. The van der Waals surface area contributed by atoms with Crippen molar-refractivity contribution in [2.75, 3.05) is 7.11 Å². The predicted molar refractivity (Wildman–Crippen MR) is 167 cm³/mol. The van der Waals surface area contributed by atoms with Gasteiger partial charge in [0.2, 0.25) is 0 Å². The van der Waals surface area contributed by atoms with Crippen molar-refractivity contribution in [3.8, 4) is 5.75 Å². The van der Waals surface area contributed by atoms with E-state index in [4.69, 9.17) is 19.2 Å². The molecule has 5 nitrogen and oxygen atoms in total. The van der Waals surface area contributed by atoms with Gasteiger partial charge in [-0.3, -0.25) is 0 Å². The fraction of sp³-hybridized carbons (Fsp3) is 0.405. The van der Waals surface area contributed by atoms with Crippen LogP contribution in [0.2, 0.25) is 0 Å². The Kier molecular flexibility index (Phi) is 9.91. The van der Waals surface area contributed by atoms with E-state index in [1.54, 1.807) is 7.11 Å². The van der Waals surface area contributed by atoms with Gasteiger partial charge < -0.3 is 14.2 Å². The zero-order valence-electron chi connectivity index (χ0n) is 25.2. The fourth-order valence-electron chi connectivity index (χ4n) is 6.46. The average molecular weight is 566 g/mol. The molecule has 0 radical (unpaired) electrons. The Hall–Kier alpha value is -3.70. The molecule has 1 aliphatic carbocycles. The summed E-state index contributed by atoms with van der Waals surface area (Å²) >= 11 is 0. The van der Waals surface area contributed by atoms with Crippen molar-refractivity contribution in [1.82, 2.24) is 4.98 Å². The molecule has 0 unspecified atom stereocenters. The van der Waals surface area contributed by atoms with Gasteiger partial charge in [-0.25, -0.2) is 9.78 Å². The molecule has 0 spiro atoms. The number of pyridine rings is 1. The number of carbonyl (C=O) groups is 1. The number of fused-ring (bicyclic) bond motifs is 2. The predicted octanol–water partition coefficient (Wildman–Crippen LogP) is 9.10. The van der Waals surface area contributed by atoms with Crippen LogP contribution in [-0.4, -0.2) is 18.1 Å². The lowest BCUT2D eigenvalue weighted by Gasteiger charge is -2.45. The highest BCUT2D eigenvalue weighted by molar-refractivity contribution is 5.78. The van der Waals surface area contributed by atoms with E-state index in [9.17, 15) is 4.79 Å². The number of carbonyl (C=O) groups excluding carboxylic acids is 1. The number of hydrogen-bond acceptors (Lipinski definition) is 5. The Morgan fingerprint density at radius 1 is 0.905 bits per heavy atom. The summed E-state index contributed by atoms with van der Waals surface area (Å²) in [6.07, 6.45) is 7.17. The van der Waals surface area contributed by atoms with Gasteiger partial charge in [-0.2, -0.15) is 0 Å². The molecule has 1 aromatic heterocycles. The molecule has 0 bridgehead atoms. The molecule has 0 saturated heterocycles. The first-order chi connectivity index (χ1) is 20.6. The number of methoxy groups -OCH3 is 1. The molecule has 0 aliphatic heterocycles. The minimum absolute atomic E-state index is 0.123. The van der Waals surface area contributed by atoms with Gasteiger partial charge in [-0.05, 0) is 55.0 Å². The van der Waals surface area contributed by atoms with Gasteiger partial charge in [0, 0.05) is 23.5 Å². The van der Waals surface area contributed by atoms with E-state index in [2.05, 4.69) is 32.0 Å². The summed E-state index contributed by atoms with van der Waals surface area (Å²) in [5.74, 6) is 0.500. The molecule has 5 rings (SSSR count). The van der Waals surface area contributed by atoms with Gasteiger partial charge in [0.1, 0.15) is 18.5 Å². The smallest absolute Gasteiger partial charge is 0.340 e. The molecular weight excluding hydrogens is 522 g/mol. The van der Waals surface area contributed by atoms with Crippen molar-refractivity contribution in [3.05, 3.63) is 107 Å². The van der Waals surface area contributed by atoms with Crippen molar-refractivity contribution in [3.63, 3.8) is 0 Å². The monoisotopic (exact) mass is 565 g/mol. The Morgan fingerprint density at radius 3 is 2.38 bits per heavy atom. The summed E-state index contributed by atoms with van der Waals surface area (Å²) in [4.78, 5) is 18.6. The van der Waals surface area contributed by atoms with Crippen LogP contribution in [-0.2, 0) is 27.3 Å². The summed E-state index contributed by atoms with van der Waals surface area (Å²) in [7, 11) is 1.57. The maximum atomic E-state index is 13.8. The van der Waals surface area contributed by atoms with Crippen LogP contribution in [0.3, 0.4) is 0 Å². The summed E-state index contributed by atoms with van der Waals surface area (Å²) < 4.78 is 18.7. The molecule has 220 valence electrons.